The molecule has 0 saturated heterocycles. The van der Waals surface area contributed by atoms with Gasteiger partial charge in [-0.2, -0.15) is 0 Å². The van der Waals surface area contributed by atoms with Gasteiger partial charge in [0.1, 0.15) is 0 Å². The molecule has 0 aliphatic heterocycles. The van der Waals surface area contributed by atoms with Crippen molar-refractivity contribution in [1.29, 1.82) is 0 Å². The fourth-order valence-corrected chi connectivity index (χ4v) is 1.72. The highest BCUT2D eigenvalue weighted by atomic mass is 19.3. The van der Waals surface area contributed by atoms with Gasteiger partial charge in [0, 0.05) is 6.42 Å². The molecular formula is C12H20F2O4. The third kappa shape index (κ3) is 3.65. The van der Waals surface area contributed by atoms with Crippen molar-refractivity contribution in [3.63, 3.8) is 0 Å². The van der Waals surface area contributed by atoms with Crippen molar-refractivity contribution < 1.29 is 27.8 Å². The average Bonchev–Trinajstić information content (AvgIpc) is 2.25. The lowest BCUT2D eigenvalue weighted by Crippen LogP contribution is -2.47. The Morgan fingerprint density at radius 2 is 1.44 bits per heavy atom. The number of carbonyl (C=O) groups excluding carboxylic acids is 2. The third-order valence-electron chi connectivity index (χ3n) is 2.74. The second-order valence-electron chi connectivity index (χ2n) is 4.16. The maximum absolute atomic E-state index is 12.7. The van der Waals surface area contributed by atoms with Crippen LogP contribution in [0.3, 0.4) is 0 Å². The SMILES string of the molecule is CCOC(=O)C(CC(F)F)(C(=O)OCC)C(C)C. The molecule has 0 amide bonds. The summed E-state index contributed by atoms with van der Waals surface area (Å²) in [6.45, 7) is 6.20. The highest BCUT2D eigenvalue weighted by Gasteiger charge is 2.53. The topological polar surface area (TPSA) is 52.6 Å². The van der Waals surface area contributed by atoms with E-state index in [1.807, 2.05) is 0 Å². The van der Waals surface area contributed by atoms with Gasteiger partial charge in [-0.3, -0.25) is 9.59 Å². The Balaban J connectivity index is 5.41. The number of esters is 2. The van der Waals surface area contributed by atoms with Gasteiger partial charge in [-0.05, 0) is 19.8 Å². The number of rotatable bonds is 7. The molecular weight excluding hydrogens is 246 g/mol. The zero-order chi connectivity index (χ0) is 14.3. The maximum Gasteiger partial charge on any atom is 0.323 e. The van der Waals surface area contributed by atoms with E-state index in [9.17, 15) is 18.4 Å². The number of hydrogen-bond acceptors (Lipinski definition) is 4. The van der Waals surface area contributed by atoms with Crippen LogP contribution in [-0.4, -0.2) is 31.6 Å². The molecule has 0 aromatic rings. The molecule has 0 bridgehead atoms. The maximum atomic E-state index is 12.7. The second kappa shape index (κ2) is 7.28. The molecule has 4 nitrogen and oxygen atoms in total. The first-order chi connectivity index (χ1) is 8.32. The number of ether oxygens (including phenoxy) is 2. The minimum Gasteiger partial charge on any atom is -0.465 e. The quantitative estimate of drug-likeness (QED) is 0.524. The molecule has 0 fully saturated rings. The van der Waals surface area contributed by atoms with E-state index in [-0.39, 0.29) is 13.2 Å². The van der Waals surface area contributed by atoms with E-state index in [0.717, 1.165) is 0 Å². The normalized spacial score (nSPS) is 11.8. The first kappa shape index (κ1) is 16.8. The van der Waals surface area contributed by atoms with Crippen LogP contribution in [0.2, 0.25) is 0 Å². The molecule has 0 unspecified atom stereocenters. The van der Waals surface area contributed by atoms with E-state index in [2.05, 4.69) is 0 Å². The molecule has 106 valence electrons. The first-order valence-corrected chi connectivity index (χ1v) is 5.95. The van der Waals surface area contributed by atoms with Crippen molar-refractivity contribution in [2.75, 3.05) is 13.2 Å². The Kier molecular flexibility index (Phi) is 6.80. The predicted octanol–water partition coefficient (Wildman–Crippen LogP) is 2.41. The molecule has 0 saturated carbocycles. The van der Waals surface area contributed by atoms with Gasteiger partial charge >= 0.3 is 11.9 Å². The minimum atomic E-state index is -2.79. The van der Waals surface area contributed by atoms with Crippen molar-refractivity contribution in [2.45, 2.75) is 40.5 Å². The van der Waals surface area contributed by atoms with Gasteiger partial charge in [-0.15, -0.1) is 0 Å². The van der Waals surface area contributed by atoms with E-state index < -0.39 is 36.1 Å². The summed E-state index contributed by atoms with van der Waals surface area (Å²) in [5, 5.41) is 0. The molecule has 6 heteroatoms. The third-order valence-corrected chi connectivity index (χ3v) is 2.74. The molecule has 0 aromatic carbocycles. The minimum absolute atomic E-state index is 0.0238. The van der Waals surface area contributed by atoms with Gasteiger partial charge in [-0.25, -0.2) is 8.78 Å². The summed E-state index contributed by atoms with van der Waals surface area (Å²) < 4.78 is 34.9. The number of halogens is 2. The zero-order valence-corrected chi connectivity index (χ0v) is 11.2. The van der Waals surface area contributed by atoms with Gasteiger partial charge in [0.25, 0.3) is 0 Å². The van der Waals surface area contributed by atoms with E-state index in [1.165, 1.54) is 13.8 Å². The molecule has 0 aliphatic carbocycles. The van der Waals surface area contributed by atoms with Crippen LogP contribution in [0.5, 0.6) is 0 Å². The first-order valence-electron chi connectivity index (χ1n) is 5.95. The van der Waals surface area contributed by atoms with Crippen LogP contribution in [0.4, 0.5) is 8.78 Å². The van der Waals surface area contributed by atoms with Gasteiger partial charge < -0.3 is 9.47 Å². The van der Waals surface area contributed by atoms with Crippen LogP contribution < -0.4 is 0 Å². The summed E-state index contributed by atoms with van der Waals surface area (Å²) >= 11 is 0. The standard InChI is InChI=1S/C12H20F2O4/c1-5-17-10(15)12(8(3)4,7-9(13)14)11(16)18-6-2/h8-9H,5-7H2,1-4H3. The van der Waals surface area contributed by atoms with Crippen molar-refractivity contribution >= 4 is 11.9 Å². The molecule has 0 rings (SSSR count). The van der Waals surface area contributed by atoms with Crippen LogP contribution >= 0.6 is 0 Å². The van der Waals surface area contributed by atoms with Crippen molar-refractivity contribution in [3.05, 3.63) is 0 Å². The lowest BCUT2D eigenvalue weighted by Gasteiger charge is -2.32. The van der Waals surface area contributed by atoms with Crippen LogP contribution in [0.15, 0.2) is 0 Å². The highest BCUT2D eigenvalue weighted by molar-refractivity contribution is 6.00. The molecule has 0 radical (unpaired) electrons. The second-order valence-corrected chi connectivity index (χ2v) is 4.16. The van der Waals surface area contributed by atoms with Gasteiger partial charge in [0.15, 0.2) is 5.41 Å². The Bertz CT molecular complexity index is 272. The smallest absolute Gasteiger partial charge is 0.323 e. The fraction of sp³-hybridized carbons (Fsp3) is 0.833. The number of carbonyl (C=O) groups is 2. The van der Waals surface area contributed by atoms with Crippen LogP contribution in [0.25, 0.3) is 0 Å². The highest BCUT2D eigenvalue weighted by Crippen LogP contribution is 2.37. The van der Waals surface area contributed by atoms with Crippen LogP contribution in [0, 0.1) is 11.3 Å². The summed E-state index contributed by atoms with van der Waals surface area (Å²) in [4.78, 5) is 23.8. The fourth-order valence-electron chi connectivity index (χ4n) is 1.72. The Morgan fingerprint density at radius 3 is 1.67 bits per heavy atom. The Hall–Kier alpha value is -1.20. The summed E-state index contributed by atoms with van der Waals surface area (Å²) in [5.41, 5.74) is -1.93. The molecule has 0 atom stereocenters. The summed E-state index contributed by atoms with van der Waals surface area (Å²) in [6.07, 6.45) is -3.68. The van der Waals surface area contributed by atoms with Gasteiger partial charge in [0.2, 0.25) is 6.43 Å². The molecule has 0 spiro atoms. The van der Waals surface area contributed by atoms with E-state index in [1.54, 1.807) is 13.8 Å². The predicted molar refractivity (Wildman–Crippen MR) is 61.2 cm³/mol. The van der Waals surface area contributed by atoms with Gasteiger partial charge in [-0.1, -0.05) is 13.8 Å². The van der Waals surface area contributed by atoms with E-state index in [0.29, 0.717) is 0 Å². The largest absolute Gasteiger partial charge is 0.465 e. The van der Waals surface area contributed by atoms with E-state index >= 15 is 0 Å². The van der Waals surface area contributed by atoms with Crippen LogP contribution in [0.1, 0.15) is 34.1 Å². The van der Waals surface area contributed by atoms with E-state index in [4.69, 9.17) is 9.47 Å². The summed E-state index contributed by atoms with van der Waals surface area (Å²) in [6, 6.07) is 0. The molecule has 18 heavy (non-hydrogen) atoms. The summed E-state index contributed by atoms with van der Waals surface area (Å²) in [7, 11) is 0. The molecule has 0 aliphatic rings. The Morgan fingerprint density at radius 1 is 1.06 bits per heavy atom. The van der Waals surface area contributed by atoms with Crippen molar-refractivity contribution in [3.8, 4) is 0 Å². The summed E-state index contributed by atoms with van der Waals surface area (Å²) in [5.74, 6) is -2.53. The van der Waals surface area contributed by atoms with Crippen LogP contribution in [-0.2, 0) is 19.1 Å². The molecule has 0 aromatic heterocycles. The lowest BCUT2D eigenvalue weighted by molar-refractivity contribution is -0.179. The van der Waals surface area contributed by atoms with Crippen molar-refractivity contribution in [1.82, 2.24) is 0 Å². The lowest BCUT2D eigenvalue weighted by atomic mass is 9.74. The monoisotopic (exact) mass is 266 g/mol. The van der Waals surface area contributed by atoms with Gasteiger partial charge in [0.05, 0.1) is 13.2 Å². The zero-order valence-electron chi connectivity index (χ0n) is 11.2. The Labute approximate surface area is 106 Å². The van der Waals surface area contributed by atoms with Crippen molar-refractivity contribution in [2.24, 2.45) is 11.3 Å². The molecule has 0 heterocycles. The number of alkyl halides is 2. The number of hydrogen-bond donors (Lipinski definition) is 0. The molecule has 0 N–H and O–H groups in total. The average molecular weight is 266 g/mol.